The van der Waals surface area contributed by atoms with Crippen LogP contribution in [0.2, 0.25) is 0 Å². The van der Waals surface area contributed by atoms with Crippen molar-refractivity contribution in [2.24, 2.45) is 0 Å². The van der Waals surface area contributed by atoms with Crippen molar-refractivity contribution < 1.29 is 4.74 Å². The normalized spacial score (nSPS) is 9.21. The first-order chi connectivity index (χ1) is 6.83. The second kappa shape index (κ2) is 5.95. The van der Waals surface area contributed by atoms with Crippen LogP contribution in [0.5, 0.6) is 0 Å². The molecule has 0 radical (unpaired) electrons. The summed E-state index contributed by atoms with van der Waals surface area (Å²) in [6.07, 6.45) is 3.34. The maximum absolute atomic E-state index is 4.81. The summed E-state index contributed by atoms with van der Waals surface area (Å²) in [6.45, 7) is 0. The van der Waals surface area contributed by atoms with Gasteiger partial charge in [0, 0.05) is 11.6 Å². The van der Waals surface area contributed by atoms with Gasteiger partial charge in [0.2, 0.25) is 0 Å². The van der Waals surface area contributed by atoms with Crippen LogP contribution in [0.1, 0.15) is 5.56 Å². The smallest absolute Gasteiger partial charge is 0.184 e. The third-order valence-corrected chi connectivity index (χ3v) is 1.80. The van der Waals surface area contributed by atoms with Crippen molar-refractivity contribution >= 4 is 17.3 Å². The van der Waals surface area contributed by atoms with Gasteiger partial charge in [0.1, 0.15) is 0 Å². The third-order valence-electron chi connectivity index (χ3n) is 1.49. The van der Waals surface area contributed by atoms with E-state index in [4.69, 9.17) is 17.0 Å². The number of hydrogen-bond acceptors (Lipinski definition) is 2. The fraction of sp³-hybridized carbons (Fsp3) is 0.0833. The standard InChI is InChI=1S/C12H10OS/c1-13-12(14)10-6-5-9-11-7-3-2-4-8-11/h2-4,6-8,10H,1H3/b10-6+. The van der Waals surface area contributed by atoms with Gasteiger partial charge in [0.25, 0.3) is 0 Å². The average Bonchev–Trinajstić information content (AvgIpc) is 2.25. The van der Waals surface area contributed by atoms with E-state index in [1.807, 2.05) is 30.3 Å². The molecular weight excluding hydrogens is 192 g/mol. The van der Waals surface area contributed by atoms with Crippen LogP contribution in [0.15, 0.2) is 42.5 Å². The Bertz CT molecular complexity index is 382. The Labute approximate surface area is 89.4 Å². The van der Waals surface area contributed by atoms with E-state index in [1.54, 1.807) is 12.2 Å². The van der Waals surface area contributed by atoms with Gasteiger partial charge in [-0.15, -0.1) is 0 Å². The number of allylic oxidation sites excluding steroid dienone is 1. The molecule has 0 unspecified atom stereocenters. The Kier molecular flexibility index (Phi) is 4.46. The van der Waals surface area contributed by atoms with E-state index in [-0.39, 0.29) is 0 Å². The summed E-state index contributed by atoms with van der Waals surface area (Å²) in [5.41, 5.74) is 0.987. The van der Waals surface area contributed by atoms with Crippen molar-refractivity contribution in [1.29, 1.82) is 0 Å². The molecule has 70 valence electrons. The van der Waals surface area contributed by atoms with E-state index < -0.39 is 0 Å². The SMILES string of the molecule is COC(=S)/C=C/C#Cc1ccccc1. The van der Waals surface area contributed by atoms with Crippen molar-refractivity contribution in [2.45, 2.75) is 0 Å². The Morgan fingerprint density at radius 2 is 2.07 bits per heavy atom. The molecule has 2 heteroatoms. The second-order valence-corrected chi connectivity index (χ2v) is 2.89. The van der Waals surface area contributed by atoms with Crippen LogP contribution in [0.25, 0.3) is 0 Å². The molecule has 0 N–H and O–H groups in total. The van der Waals surface area contributed by atoms with Gasteiger partial charge in [0.15, 0.2) is 5.05 Å². The number of methoxy groups -OCH3 is 1. The van der Waals surface area contributed by atoms with Crippen LogP contribution in [0, 0.1) is 11.8 Å². The molecule has 0 aliphatic carbocycles. The number of rotatable bonds is 1. The predicted molar refractivity (Wildman–Crippen MR) is 62.1 cm³/mol. The molecule has 0 aliphatic rings. The van der Waals surface area contributed by atoms with Gasteiger partial charge in [-0.25, -0.2) is 0 Å². The van der Waals surface area contributed by atoms with Gasteiger partial charge in [-0.05, 0) is 30.4 Å². The molecule has 1 aromatic rings. The van der Waals surface area contributed by atoms with Crippen molar-refractivity contribution in [3.05, 3.63) is 48.0 Å². The summed E-state index contributed by atoms with van der Waals surface area (Å²) in [5.74, 6) is 5.84. The topological polar surface area (TPSA) is 9.23 Å². The minimum absolute atomic E-state index is 0.437. The fourth-order valence-corrected chi connectivity index (χ4v) is 0.892. The first kappa shape index (κ1) is 10.5. The molecule has 1 aromatic carbocycles. The summed E-state index contributed by atoms with van der Waals surface area (Å²) in [7, 11) is 1.54. The molecule has 0 bridgehead atoms. The zero-order valence-electron chi connectivity index (χ0n) is 7.86. The van der Waals surface area contributed by atoms with Crippen LogP contribution in [-0.4, -0.2) is 12.2 Å². The quantitative estimate of drug-likeness (QED) is 0.393. The minimum atomic E-state index is 0.437. The van der Waals surface area contributed by atoms with Crippen molar-refractivity contribution in [3.63, 3.8) is 0 Å². The summed E-state index contributed by atoms with van der Waals surface area (Å²) in [4.78, 5) is 0. The van der Waals surface area contributed by atoms with Crippen LogP contribution in [0.3, 0.4) is 0 Å². The zero-order chi connectivity index (χ0) is 10.2. The van der Waals surface area contributed by atoms with E-state index in [0.29, 0.717) is 5.05 Å². The van der Waals surface area contributed by atoms with Crippen LogP contribution < -0.4 is 0 Å². The molecule has 0 spiro atoms. The van der Waals surface area contributed by atoms with Crippen LogP contribution >= 0.6 is 12.2 Å². The Balaban J connectivity index is 2.57. The Morgan fingerprint density at radius 1 is 1.36 bits per heavy atom. The molecule has 0 atom stereocenters. The first-order valence-corrected chi connectivity index (χ1v) is 4.55. The predicted octanol–water partition coefficient (Wildman–Crippen LogP) is 2.57. The molecular formula is C12H10OS. The van der Waals surface area contributed by atoms with Crippen LogP contribution in [-0.2, 0) is 4.74 Å². The van der Waals surface area contributed by atoms with E-state index in [9.17, 15) is 0 Å². The van der Waals surface area contributed by atoms with Gasteiger partial charge < -0.3 is 4.74 Å². The zero-order valence-corrected chi connectivity index (χ0v) is 8.67. The largest absolute Gasteiger partial charge is 0.487 e. The highest BCUT2D eigenvalue weighted by Crippen LogP contribution is 1.94. The highest BCUT2D eigenvalue weighted by molar-refractivity contribution is 7.80. The van der Waals surface area contributed by atoms with Crippen molar-refractivity contribution in [3.8, 4) is 11.8 Å². The first-order valence-electron chi connectivity index (χ1n) is 4.14. The van der Waals surface area contributed by atoms with E-state index in [1.165, 1.54) is 7.11 Å². The molecule has 1 rings (SSSR count). The lowest BCUT2D eigenvalue weighted by molar-refractivity contribution is 0.418. The van der Waals surface area contributed by atoms with Gasteiger partial charge in [-0.2, -0.15) is 0 Å². The molecule has 1 nitrogen and oxygen atoms in total. The highest BCUT2D eigenvalue weighted by atomic mass is 32.1. The summed E-state index contributed by atoms with van der Waals surface area (Å²) in [5, 5.41) is 0.437. The van der Waals surface area contributed by atoms with E-state index in [2.05, 4.69) is 11.8 Å². The second-order valence-electron chi connectivity index (χ2n) is 2.49. The molecule has 0 aliphatic heterocycles. The number of benzene rings is 1. The van der Waals surface area contributed by atoms with E-state index in [0.717, 1.165) is 5.56 Å². The van der Waals surface area contributed by atoms with E-state index >= 15 is 0 Å². The van der Waals surface area contributed by atoms with Gasteiger partial charge in [0.05, 0.1) is 7.11 Å². The lowest BCUT2D eigenvalue weighted by Gasteiger charge is -1.89. The van der Waals surface area contributed by atoms with Crippen LogP contribution in [0.4, 0.5) is 0 Å². The third kappa shape index (κ3) is 3.88. The molecule has 0 fully saturated rings. The van der Waals surface area contributed by atoms with Crippen molar-refractivity contribution in [2.75, 3.05) is 7.11 Å². The summed E-state index contributed by atoms with van der Waals surface area (Å²) in [6, 6.07) is 9.77. The number of thiocarbonyl (C=S) groups is 1. The summed E-state index contributed by atoms with van der Waals surface area (Å²) < 4.78 is 4.78. The van der Waals surface area contributed by atoms with Gasteiger partial charge >= 0.3 is 0 Å². The minimum Gasteiger partial charge on any atom is -0.487 e. The highest BCUT2D eigenvalue weighted by Gasteiger charge is 1.82. The molecule has 0 saturated carbocycles. The maximum atomic E-state index is 4.81. The molecule has 0 saturated heterocycles. The lowest BCUT2D eigenvalue weighted by Crippen LogP contribution is -1.89. The van der Waals surface area contributed by atoms with Crippen molar-refractivity contribution in [1.82, 2.24) is 0 Å². The molecule has 0 amide bonds. The average molecular weight is 202 g/mol. The number of ether oxygens (including phenoxy) is 1. The summed E-state index contributed by atoms with van der Waals surface area (Å²) >= 11 is 4.81. The van der Waals surface area contributed by atoms with Gasteiger partial charge in [-0.3, -0.25) is 0 Å². The monoisotopic (exact) mass is 202 g/mol. The lowest BCUT2D eigenvalue weighted by atomic mass is 10.2. The Morgan fingerprint density at radius 3 is 2.71 bits per heavy atom. The molecule has 0 heterocycles. The fourth-order valence-electron chi connectivity index (χ4n) is 0.824. The number of hydrogen-bond donors (Lipinski definition) is 0. The Hall–Kier alpha value is -1.59. The molecule has 0 aromatic heterocycles. The molecule has 14 heavy (non-hydrogen) atoms. The van der Waals surface area contributed by atoms with Gasteiger partial charge in [-0.1, -0.05) is 30.0 Å². The maximum Gasteiger partial charge on any atom is 0.184 e.